The Hall–Kier alpha value is -1.68. The molecule has 3 heterocycles. The molecule has 1 aromatic carbocycles. The zero-order chi connectivity index (χ0) is 20.2. The average Bonchev–Trinajstić information content (AvgIpc) is 3.15. The van der Waals surface area contributed by atoms with Gasteiger partial charge in [-0.1, -0.05) is 30.3 Å². The van der Waals surface area contributed by atoms with Crippen LogP contribution in [-0.4, -0.2) is 50.3 Å². The number of rotatable bonds is 6. The van der Waals surface area contributed by atoms with E-state index in [-0.39, 0.29) is 24.0 Å². The summed E-state index contributed by atoms with van der Waals surface area (Å²) in [6.07, 6.45) is 4.97. The first-order valence-corrected chi connectivity index (χ1v) is 10.8. The highest BCUT2D eigenvalue weighted by Gasteiger charge is 2.40. The molecule has 30 heavy (non-hydrogen) atoms. The fraction of sp³-hybridized carbons (Fsp3) is 0.591. The van der Waals surface area contributed by atoms with Crippen molar-refractivity contribution in [1.82, 2.24) is 30.3 Å². The molecule has 0 aliphatic carbocycles. The van der Waals surface area contributed by atoms with Gasteiger partial charge in [0.15, 0.2) is 11.8 Å². The van der Waals surface area contributed by atoms with Crippen LogP contribution in [-0.2, 0) is 20.1 Å². The molecule has 1 aromatic heterocycles. The van der Waals surface area contributed by atoms with Crippen molar-refractivity contribution in [3.05, 3.63) is 47.5 Å². The molecule has 0 spiro atoms. The van der Waals surface area contributed by atoms with Crippen LogP contribution in [0.15, 0.2) is 35.3 Å². The standard InChI is InChI=1S/C22H33N7.HI/c1-4-23-22(24-14-21-27-26-16(2)28(21)3)25-18-12-19-10-11-20(13-18)29(19)15-17-8-6-5-7-9-17;/h5-9,18-20H,4,10-15H2,1-3H3,(H2,23,24,25);1H. The molecular formula is C22H34IN7. The van der Waals surface area contributed by atoms with E-state index in [1.165, 1.54) is 31.2 Å². The number of halogens is 1. The second kappa shape index (κ2) is 10.6. The lowest BCUT2D eigenvalue weighted by atomic mass is 9.96. The molecule has 7 nitrogen and oxygen atoms in total. The first kappa shape index (κ1) is 23.0. The molecule has 2 bridgehead atoms. The molecule has 2 atom stereocenters. The molecule has 164 valence electrons. The summed E-state index contributed by atoms with van der Waals surface area (Å²) in [5.41, 5.74) is 1.42. The third-order valence-corrected chi connectivity index (χ3v) is 6.34. The van der Waals surface area contributed by atoms with E-state index < -0.39 is 0 Å². The van der Waals surface area contributed by atoms with Crippen molar-refractivity contribution >= 4 is 29.9 Å². The number of nitrogens with one attached hydrogen (secondary N) is 2. The normalized spacial score (nSPS) is 23.8. The summed E-state index contributed by atoms with van der Waals surface area (Å²) in [5.74, 6) is 2.68. The van der Waals surface area contributed by atoms with E-state index in [0.717, 1.165) is 30.7 Å². The average molecular weight is 523 g/mol. The summed E-state index contributed by atoms with van der Waals surface area (Å²) in [7, 11) is 1.99. The molecule has 2 aromatic rings. The maximum atomic E-state index is 4.77. The Morgan fingerprint density at radius 1 is 1.13 bits per heavy atom. The monoisotopic (exact) mass is 523 g/mol. The van der Waals surface area contributed by atoms with E-state index in [9.17, 15) is 0 Å². The Morgan fingerprint density at radius 3 is 2.43 bits per heavy atom. The molecule has 2 unspecified atom stereocenters. The van der Waals surface area contributed by atoms with E-state index in [2.05, 4.69) is 63.0 Å². The van der Waals surface area contributed by atoms with Gasteiger partial charge in [0.25, 0.3) is 0 Å². The number of benzene rings is 1. The number of aryl methyl sites for hydroxylation is 1. The van der Waals surface area contributed by atoms with Crippen molar-refractivity contribution in [2.75, 3.05) is 6.54 Å². The Balaban J connectivity index is 0.00000256. The fourth-order valence-corrected chi connectivity index (χ4v) is 4.70. The molecule has 0 saturated carbocycles. The summed E-state index contributed by atoms with van der Waals surface area (Å²) in [5, 5.41) is 15.4. The van der Waals surface area contributed by atoms with Crippen LogP contribution >= 0.6 is 24.0 Å². The van der Waals surface area contributed by atoms with Crippen molar-refractivity contribution in [3.63, 3.8) is 0 Å². The third-order valence-electron chi connectivity index (χ3n) is 6.34. The third kappa shape index (κ3) is 5.32. The Morgan fingerprint density at radius 2 is 1.83 bits per heavy atom. The van der Waals surface area contributed by atoms with Gasteiger partial charge in [0, 0.05) is 38.3 Å². The topological polar surface area (TPSA) is 70.4 Å². The van der Waals surface area contributed by atoms with Crippen LogP contribution in [0, 0.1) is 6.92 Å². The minimum Gasteiger partial charge on any atom is -0.357 e. The van der Waals surface area contributed by atoms with Gasteiger partial charge in [-0.3, -0.25) is 4.90 Å². The Kier molecular flexibility index (Phi) is 8.10. The second-order valence-electron chi connectivity index (χ2n) is 8.27. The number of hydrogen-bond donors (Lipinski definition) is 2. The van der Waals surface area contributed by atoms with Crippen LogP contribution in [0.5, 0.6) is 0 Å². The van der Waals surface area contributed by atoms with Crippen LogP contribution in [0.2, 0.25) is 0 Å². The molecule has 2 aliphatic rings. The van der Waals surface area contributed by atoms with Gasteiger partial charge in [0.1, 0.15) is 12.4 Å². The van der Waals surface area contributed by atoms with Crippen molar-refractivity contribution < 1.29 is 0 Å². The fourth-order valence-electron chi connectivity index (χ4n) is 4.70. The number of aliphatic imine (C=N–C) groups is 1. The van der Waals surface area contributed by atoms with Crippen molar-refractivity contribution in [3.8, 4) is 0 Å². The van der Waals surface area contributed by atoms with Gasteiger partial charge in [-0.2, -0.15) is 0 Å². The molecule has 2 saturated heterocycles. The number of hydrogen-bond acceptors (Lipinski definition) is 4. The van der Waals surface area contributed by atoms with Crippen LogP contribution in [0.1, 0.15) is 49.8 Å². The first-order valence-electron chi connectivity index (χ1n) is 10.8. The maximum Gasteiger partial charge on any atom is 0.191 e. The van der Waals surface area contributed by atoms with E-state index in [0.29, 0.717) is 24.7 Å². The number of aromatic nitrogens is 3. The summed E-state index contributed by atoms with van der Waals surface area (Å²) >= 11 is 0. The molecule has 2 fully saturated rings. The van der Waals surface area contributed by atoms with Gasteiger partial charge in [-0.05, 0) is 45.1 Å². The maximum absolute atomic E-state index is 4.77. The van der Waals surface area contributed by atoms with Crippen molar-refractivity contribution in [2.45, 2.75) is 70.7 Å². The molecule has 8 heteroatoms. The van der Waals surface area contributed by atoms with E-state index in [1.807, 2.05) is 18.5 Å². The SMILES string of the molecule is CCNC(=NCc1nnc(C)n1C)NC1CC2CCC(C1)N2Cc1ccccc1.I. The minimum absolute atomic E-state index is 0. The highest BCUT2D eigenvalue weighted by atomic mass is 127. The van der Waals surface area contributed by atoms with Crippen molar-refractivity contribution in [2.24, 2.45) is 12.0 Å². The molecule has 0 radical (unpaired) electrons. The molecule has 0 amide bonds. The molecule has 2 aliphatic heterocycles. The van der Waals surface area contributed by atoms with Crippen LogP contribution < -0.4 is 10.6 Å². The van der Waals surface area contributed by atoms with Crippen molar-refractivity contribution in [1.29, 1.82) is 0 Å². The van der Waals surface area contributed by atoms with Gasteiger partial charge >= 0.3 is 0 Å². The Labute approximate surface area is 196 Å². The largest absolute Gasteiger partial charge is 0.357 e. The zero-order valence-corrected chi connectivity index (χ0v) is 20.5. The number of nitrogens with zero attached hydrogens (tertiary/aromatic N) is 5. The van der Waals surface area contributed by atoms with E-state index in [1.54, 1.807) is 0 Å². The lowest BCUT2D eigenvalue weighted by Gasteiger charge is -2.39. The minimum atomic E-state index is 0. The van der Waals surface area contributed by atoms with E-state index >= 15 is 0 Å². The molecule has 2 N–H and O–H groups in total. The first-order chi connectivity index (χ1) is 14.1. The van der Waals surface area contributed by atoms with Crippen LogP contribution in [0.4, 0.5) is 0 Å². The lowest BCUT2D eigenvalue weighted by Crippen LogP contribution is -2.52. The number of piperidine rings is 1. The van der Waals surface area contributed by atoms with Gasteiger partial charge in [0.2, 0.25) is 0 Å². The molecule has 4 rings (SSSR count). The predicted octanol–water partition coefficient (Wildman–Crippen LogP) is 2.99. The number of guanidine groups is 1. The second-order valence-corrected chi connectivity index (χ2v) is 8.27. The number of fused-ring (bicyclic) bond motifs is 2. The highest BCUT2D eigenvalue weighted by molar-refractivity contribution is 14.0. The van der Waals surface area contributed by atoms with Gasteiger partial charge in [0.05, 0.1) is 0 Å². The highest BCUT2D eigenvalue weighted by Crippen LogP contribution is 2.36. The van der Waals surface area contributed by atoms with Gasteiger partial charge in [-0.25, -0.2) is 4.99 Å². The van der Waals surface area contributed by atoms with Crippen LogP contribution in [0.25, 0.3) is 0 Å². The van der Waals surface area contributed by atoms with E-state index in [4.69, 9.17) is 4.99 Å². The predicted molar refractivity (Wildman–Crippen MR) is 131 cm³/mol. The quantitative estimate of drug-likeness (QED) is 0.346. The van der Waals surface area contributed by atoms with Gasteiger partial charge < -0.3 is 15.2 Å². The summed E-state index contributed by atoms with van der Waals surface area (Å²) in [6, 6.07) is 12.7. The smallest absolute Gasteiger partial charge is 0.191 e. The van der Waals surface area contributed by atoms with Crippen LogP contribution in [0.3, 0.4) is 0 Å². The zero-order valence-electron chi connectivity index (χ0n) is 18.2. The Bertz CT molecular complexity index is 821. The summed E-state index contributed by atoms with van der Waals surface area (Å²) in [4.78, 5) is 7.49. The lowest BCUT2D eigenvalue weighted by molar-refractivity contribution is 0.114. The van der Waals surface area contributed by atoms with Gasteiger partial charge in [-0.15, -0.1) is 34.2 Å². The molecular weight excluding hydrogens is 489 g/mol. The summed E-state index contributed by atoms with van der Waals surface area (Å²) < 4.78 is 2.00. The summed E-state index contributed by atoms with van der Waals surface area (Å²) in [6.45, 7) is 6.52.